The Morgan fingerprint density at radius 2 is 1.89 bits per heavy atom. The lowest BCUT2D eigenvalue weighted by Crippen LogP contribution is -2.32. The van der Waals surface area contributed by atoms with Gasteiger partial charge < -0.3 is 4.74 Å². The van der Waals surface area contributed by atoms with Crippen molar-refractivity contribution in [1.29, 1.82) is 5.26 Å². The molecule has 0 spiro atoms. The summed E-state index contributed by atoms with van der Waals surface area (Å²) in [5.74, 6) is 1.57. The molecule has 0 bridgehead atoms. The number of hydrogen-bond donors (Lipinski definition) is 1. The summed E-state index contributed by atoms with van der Waals surface area (Å²) in [6.45, 7) is 5.36. The van der Waals surface area contributed by atoms with Crippen molar-refractivity contribution in [2.75, 3.05) is 6.61 Å². The lowest BCUT2D eigenvalue weighted by Gasteiger charge is -2.31. The van der Waals surface area contributed by atoms with Gasteiger partial charge in [0, 0.05) is 12.6 Å². The fraction of sp³-hybridized carbons (Fsp3) is 0.933. The summed E-state index contributed by atoms with van der Waals surface area (Å²) in [6, 6.07) is 2.92. The summed E-state index contributed by atoms with van der Waals surface area (Å²) >= 11 is 0. The Hall–Kier alpha value is -0.590. The maximum Gasteiger partial charge on any atom is 0.0977 e. The number of nitriles is 1. The van der Waals surface area contributed by atoms with Crippen LogP contribution < -0.4 is 5.32 Å². The van der Waals surface area contributed by atoms with Gasteiger partial charge in [-0.3, -0.25) is 5.32 Å². The molecule has 2 rings (SSSR count). The number of rotatable bonds is 6. The van der Waals surface area contributed by atoms with Gasteiger partial charge in [-0.25, -0.2) is 0 Å². The Morgan fingerprint density at radius 3 is 2.44 bits per heavy atom. The van der Waals surface area contributed by atoms with Crippen molar-refractivity contribution < 1.29 is 4.74 Å². The van der Waals surface area contributed by atoms with E-state index in [0.717, 1.165) is 24.9 Å². The van der Waals surface area contributed by atoms with Crippen LogP contribution in [-0.4, -0.2) is 24.8 Å². The Bertz CT molecular complexity index is 285. The highest BCUT2D eigenvalue weighted by atomic mass is 16.5. The highest BCUT2D eigenvalue weighted by Crippen LogP contribution is 2.30. The molecule has 0 amide bonds. The van der Waals surface area contributed by atoms with Crippen LogP contribution in [0.5, 0.6) is 0 Å². The smallest absolute Gasteiger partial charge is 0.0977 e. The van der Waals surface area contributed by atoms with E-state index >= 15 is 0 Å². The SMILES string of the molecule is CC1CC(C)CC(OCCC(C#N)NC2CC2)C1. The largest absolute Gasteiger partial charge is 0.378 e. The molecule has 102 valence electrons. The minimum Gasteiger partial charge on any atom is -0.378 e. The standard InChI is InChI=1S/C15H26N2O/c1-11-7-12(2)9-15(8-11)18-6-5-14(10-16)17-13-3-4-13/h11-15,17H,3-9H2,1-2H3. The van der Waals surface area contributed by atoms with Gasteiger partial charge in [0.15, 0.2) is 0 Å². The molecule has 0 aromatic heterocycles. The maximum atomic E-state index is 9.06. The normalized spacial score (nSPS) is 33.9. The number of ether oxygens (including phenoxy) is 1. The van der Waals surface area contributed by atoms with Gasteiger partial charge in [-0.15, -0.1) is 0 Å². The van der Waals surface area contributed by atoms with Crippen LogP contribution in [-0.2, 0) is 4.74 Å². The van der Waals surface area contributed by atoms with Crippen LogP contribution in [0.2, 0.25) is 0 Å². The summed E-state index contributed by atoms with van der Waals surface area (Å²) in [5.41, 5.74) is 0. The van der Waals surface area contributed by atoms with E-state index in [1.54, 1.807) is 0 Å². The second-order valence-corrected chi connectivity index (χ2v) is 6.32. The number of hydrogen-bond acceptors (Lipinski definition) is 3. The van der Waals surface area contributed by atoms with Gasteiger partial charge in [0.2, 0.25) is 0 Å². The zero-order valence-electron chi connectivity index (χ0n) is 11.7. The molecule has 2 aliphatic rings. The summed E-state index contributed by atoms with van der Waals surface area (Å²) < 4.78 is 5.97. The van der Waals surface area contributed by atoms with Crippen molar-refractivity contribution in [2.24, 2.45) is 11.8 Å². The van der Waals surface area contributed by atoms with E-state index in [2.05, 4.69) is 25.2 Å². The lowest BCUT2D eigenvalue weighted by molar-refractivity contribution is -0.00136. The van der Waals surface area contributed by atoms with E-state index in [-0.39, 0.29) is 6.04 Å². The van der Waals surface area contributed by atoms with Crippen LogP contribution in [0, 0.1) is 23.2 Å². The van der Waals surface area contributed by atoms with Crippen molar-refractivity contribution >= 4 is 0 Å². The van der Waals surface area contributed by atoms with E-state index in [0.29, 0.717) is 12.1 Å². The first kappa shape index (κ1) is 13.8. The quantitative estimate of drug-likeness (QED) is 0.788. The van der Waals surface area contributed by atoms with Crippen LogP contribution in [0.4, 0.5) is 0 Å². The monoisotopic (exact) mass is 250 g/mol. The van der Waals surface area contributed by atoms with Crippen LogP contribution in [0.3, 0.4) is 0 Å². The van der Waals surface area contributed by atoms with Crippen LogP contribution in [0.15, 0.2) is 0 Å². The maximum absolute atomic E-state index is 9.06. The van der Waals surface area contributed by atoms with Gasteiger partial charge in [0.25, 0.3) is 0 Å². The second kappa shape index (κ2) is 6.54. The molecule has 0 radical (unpaired) electrons. The van der Waals surface area contributed by atoms with Crippen molar-refractivity contribution in [3.8, 4) is 6.07 Å². The van der Waals surface area contributed by atoms with Gasteiger partial charge in [0.05, 0.1) is 18.2 Å². The van der Waals surface area contributed by atoms with Gasteiger partial charge in [-0.05, 0) is 50.4 Å². The van der Waals surface area contributed by atoms with Crippen molar-refractivity contribution in [1.82, 2.24) is 5.32 Å². The molecule has 0 aromatic carbocycles. The number of nitrogens with one attached hydrogen (secondary N) is 1. The zero-order valence-corrected chi connectivity index (χ0v) is 11.7. The van der Waals surface area contributed by atoms with Crippen molar-refractivity contribution in [2.45, 2.75) is 70.6 Å². The van der Waals surface area contributed by atoms with E-state index in [1.807, 2.05) is 0 Å². The third kappa shape index (κ3) is 4.59. The van der Waals surface area contributed by atoms with Gasteiger partial charge in [-0.2, -0.15) is 5.26 Å². The van der Waals surface area contributed by atoms with Crippen LogP contribution in [0.25, 0.3) is 0 Å². The number of nitrogens with zero attached hydrogens (tertiary/aromatic N) is 1. The molecule has 1 N–H and O–H groups in total. The fourth-order valence-corrected chi connectivity index (χ4v) is 3.08. The molecule has 3 unspecified atom stereocenters. The first-order valence-corrected chi connectivity index (χ1v) is 7.44. The Kier molecular flexibility index (Phi) is 5.03. The predicted octanol–water partition coefficient (Wildman–Crippen LogP) is 2.86. The Morgan fingerprint density at radius 1 is 1.22 bits per heavy atom. The molecule has 3 heteroatoms. The molecule has 18 heavy (non-hydrogen) atoms. The van der Waals surface area contributed by atoms with Crippen LogP contribution in [0.1, 0.15) is 52.4 Å². The first-order chi connectivity index (χ1) is 8.67. The molecule has 2 saturated carbocycles. The summed E-state index contributed by atoms with van der Waals surface area (Å²) in [6.07, 6.45) is 7.43. The highest BCUT2D eigenvalue weighted by molar-refractivity contribution is 4.95. The third-order valence-electron chi connectivity index (χ3n) is 4.07. The molecule has 0 heterocycles. The minimum absolute atomic E-state index is 0.0177. The van der Waals surface area contributed by atoms with Crippen molar-refractivity contribution in [3.05, 3.63) is 0 Å². The van der Waals surface area contributed by atoms with Gasteiger partial charge >= 0.3 is 0 Å². The molecule has 0 aliphatic heterocycles. The molecule has 0 aromatic rings. The Balaban J connectivity index is 1.62. The second-order valence-electron chi connectivity index (χ2n) is 6.32. The highest BCUT2D eigenvalue weighted by Gasteiger charge is 2.26. The van der Waals surface area contributed by atoms with E-state index in [4.69, 9.17) is 10.00 Å². The van der Waals surface area contributed by atoms with E-state index in [9.17, 15) is 0 Å². The van der Waals surface area contributed by atoms with Gasteiger partial charge in [0.1, 0.15) is 0 Å². The topological polar surface area (TPSA) is 45.0 Å². The lowest BCUT2D eigenvalue weighted by atomic mass is 9.82. The van der Waals surface area contributed by atoms with E-state index < -0.39 is 0 Å². The summed E-state index contributed by atoms with van der Waals surface area (Å²) in [7, 11) is 0. The third-order valence-corrected chi connectivity index (χ3v) is 4.07. The molecular weight excluding hydrogens is 224 g/mol. The molecule has 3 nitrogen and oxygen atoms in total. The molecular formula is C15H26N2O. The molecule has 2 aliphatic carbocycles. The molecule has 0 saturated heterocycles. The minimum atomic E-state index is -0.0177. The Labute approximate surface area is 111 Å². The van der Waals surface area contributed by atoms with Gasteiger partial charge in [-0.1, -0.05) is 13.8 Å². The summed E-state index contributed by atoms with van der Waals surface area (Å²) in [5, 5.41) is 12.4. The van der Waals surface area contributed by atoms with Crippen molar-refractivity contribution in [3.63, 3.8) is 0 Å². The first-order valence-electron chi connectivity index (χ1n) is 7.44. The zero-order chi connectivity index (χ0) is 13.0. The van der Waals surface area contributed by atoms with Crippen LogP contribution >= 0.6 is 0 Å². The fourth-order valence-electron chi connectivity index (χ4n) is 3.08. The molecule has 2 fully saturated rings. The molecule has 3 atom stereocenters. The average Bonchev–Trinajstić information content (AvgIpc) is 3.10. The average molecular weight is 250 g/mol. The summed E-state index contributed by atoms with van der Waals surface area (Å²) in [4.78, 5) is 0. The van der Waals surface area contributed by atoms with E-state index in [1.165, 1.54) is 32.1 Å². The predicted molar refractivity (Wildman–Crippen MR) is 72.1 cm³/mol.